The van der Waals surface area contributed by atoms with Gasteiger partial charge in [0.1, 0.15) is 0 Å². The van der Waals surface area contributed by atoms with Crippen LogP contribution >= 0.6 is 0 Å². The Bertz CT molecular complexity index is 1530. The summed E-state index contributed by atoms with van der Waals surface area (Å²) >= 11 is 0. The Hall–Kier alpha value is -4.13. The molecule has 0 N–H and O–H groups in total. The second kappa shape index (κ2) is 9.97. The van der Waals surface area contributed by atoms with Gasteiger partial charge >= 0.3 is 216 Å². The summed E-state index contributed by atoms with van der Waals surface area (Å²) in [5, 5.41) is 0. The number of halogens is 6. The van der Waals surface area contributed by atoms with E-state index < -0.39 is 23.5 Å². The predicted molar refractivity (Wildman–Crippen MR) is 140 cm³/mol. The molecule has 5 rings (SSSR count). The van der Waals surface area contributed by atoms with E-state index in [4.69, 9.17) is 0 Å². The van der Waals surface area contributed by atoms with E-state index in [0.717, 1.165) is 28.7 Å². The first-order chi connectivity index (χ1) is 18.1. The molecule has 0 aliphatic rings. The number of alkyl halides is 6. The molecular formula is C31H19BF6. The van der Waals surface area contributed by atoms with Crippen molar-refractivity contribution in [2.45, 2.75) is 12.4 Å². The van der Waals surface area contributed by atoms with Crippen LogP contribution in [0.1, 0.15) is 11.1 Å². The van der Waals surface area contributed by atoms with Gasteiger partial charge in [-0.2, -0.15) is 0 Å². The molecule has 1 aromatic heterocycles. The molecule has 5 aromatic rings. The Morgan fingerprint density at radius 2 is 0.868 bits per heavy atom. The van der Waals surface area contributed by atoms with Crippen molar-refractivity contribution >= 4 is 6.91 Å². The van der Waals surface area contributed by atoms with Crippen LogP contribution in [0.5, 0.6) is 0 Å². The van der Waals surface area contributed by atoms with Crippen LogP contribution in [-0.4, -0.2) is 6.91 Å². The molecule has 0 saturated heterocycles. The standard InChI is InChI=1S/C31H19BF6/c33-30(34,35)24-16-23(17-25(18-24)31(36,37)38)26-19-32-29(22-14-8-3-9-15-22)28(21-12-6-2-7-13-21)27(26)20-10-4-1-5-11-20/h1-19H. The van der Waals surface area contributed by atoms with Crippen molar-refractivity contribution in [1.82, 2.24) is 0 Å². The van der Waals surface area contributed by atoms with Crippen LogP contribution in [0, 0.1) is 0 Å². The fraction of sp³-hybridized carbons (Fsp3) is 0.0645. The maximum absolute atomic E-state index is 13.7. The fourth-order valence-electron chi connectivity index (χ4n) is 4.62. The zero-order chi connectivity index (χ0) is 26.9. The Morgan fingerprint density at radius 1 is 0.447 bits per heavy atom. The van der Waals surface area contributed by atoms with E-state index in [2.05, 4.69) is 0 Å². The molecular weight excluding hydrogens is 497 g/mol. The molecule has 0 unspecified atom stereocenters. The Morgan fingerprint density at radius 3 is 1.32 bits per heavy atom. The molecule has 0 aliphatic carbocycles. The molecule has 0 aliphatic heterocycles. The summed E-state index contributed by atoms with van der Waals surface area (Å²) < 4.78 is 82.4. The molecule has 0 atom stereocenters. The molecule has 0 amide bonds. The third-order valence-corrected chi connectivity index (χ3v) is 6.31. The molecule has 0 saturated carbocycles. The molecule has 188 valence electrons. The summed E-state index contributed by atoms with van der Waals surface area (Å²) in [6.07, 6.45) is -9.90. The number of hydrogen-bond acceptors (Lipinski definition) is 0. The summed E-state index contributed by atoms with van der Waals surface area (Å²) in [6.45, 7) is 1.76. The van der Waals surface area contributed by atoms with Gasteiger partial charge in [0.15, 0.2) is 0 Å². The average Bonchev–Trinajstić information content (AvgIpc) is 2.92. The van der Waals surface area contributed by atoms with Crippen molar-refractivity contribution in [2.75, 3.05) is 0 Å². The Balaban J connectivity index is 1.92. The number of rotatable bonds is 4. The van der Waals surface area contributed by atoms with Crippen LogP contribution in [-0.2, 0) is 12.4 Å². The van der Waals surface area contributed by atoms with E-state index >= 15 is 0 Å². The molecule has 4 aromatic carbocycles. The van der Waals surface area contributed by atoms with Crippen molar-refractivity contribution < 1.29 is 26.3 Å². The molecule has 1 heterocycles. The topological polar surface area (TPSA) is 0 Å². The Labute approximate surface area is 216 Å². The van der Waals surface area contributed by atoms with Crippen molar-refractivity contribution in [3.05, 3.63) is 126 Å². The van der Waals surface area contributed by atoms with E-state index in [1.54, 1.807) is 43.2 Å². The van der Waals surface area contributed by atoms with E-state index in [1.807, 2.05) is 60.7 Å². The summed E-state index contributed by atoms with van der Waals surface area (Å²) in [5.74, 6) is 1.60. The fourth-order valence-corrected chi connectivity index (χ4v) is 4.62. The van der Waals surface area contributed by atoms with Crippen molar-refractivity contribution in [2.24, 2.45) is 0 Å². The minimum absolute atomic E-state index is 0.155. The van der Waals surface area contributed by atoms with Gasteiger partial charge in [-0.05, 0) is 0 Å². The zero-order valence-corrected chi connectivity index (χ0v) is 19.8. The summed E-state index contributed by atoms with van der Waals surface area (Å²) in [4.78, 5) is 0. The van der Waals surface area contributed by atoms with Gasteiger partial charge < -0.3 is 0 Å². The third kappa shape index (κ3) is 5.14. The van der Waals surface area contributed by atoms with Crippen molar-refractivity contribution in [3.8, 4) is 44.4 Å². The molecule has 7 heteroatoms. The molecule has 0 bridgehead atoms. The Kier molecular flexibility index (Phi) is 6.70. The van der Waals surface area contributed by atoms with Gasteiger partial charge in [-0.3, -0.25) is 0 Å². The van der Waals surface area contributed by atoms with Crippen LogP contribution in [0.25, 0.3) is 44.4 Å². The van der Waals surface area contributed by atoms with E-state index in [1.165, 1.54) is 0 Å². The van der Waals surface area contributed by atoms with Crippen LogP contribution in [0.4, 0.5) is 26.3 Å². The van der Waals surface area contributed by atoms with Gasteiger partial charge in [0.05, 0.1) is 0 Å². The summed E-state index contributed by atoms with van der Waals surface area (Å²) in [5.41, 5.74) is 1.80. The predicted octanol–water partition coefficient (Wildman–Crippen LogP) is 9.73. The normalized spacial score (nSPS) is 11.8. The van der Waals surface area contributed by atoms with E-state index in [0.29, 0.717) is 16.7 Å². The molecule has 0 nitrogen and oxygen atoms in total. The van der Waals surface area contributed by atoms with Crippen LogP contribution < -0.4 is 0 Å². The van der Waals surface area contributed by atoms with Gasteiger partial charge in [0, 0.05) is 0 Å². The van der Waals surface area contributed by atoms with Crippen molar-refractivity contribution in [1.29, 1.82) is 0 Å². The van der Waals surface area contributed by atoms with Crippen molar-refractivity contribution in [3.63, 3.8) is 0 Å². The zero-order valence-electron chi connectivity index (χ0n) is 19.8. The first-order valence-corrected chi connectivity index (χ1v) is 11.8. The molecule has 38 heavy (non-hydrogen) atoms. The first-order valence-electron chi connectivity index (χ1n) is 11.8. The van der Waals surface area contributed by atoms with Gasteiger partial charge in [-0.1, -0.05) is 0 Å². The van der Waals surface area contributed by atoms with Crippen LogP contribution in [0.3, 0.4) is 0 Å². The quantitative estimate of drug-likeness (QED) is 0.209. The van der Waals surface area contributed by atoms with Gasteiger partial charge in [0.25, 0.3) is 0 Å². The van der Waals surface area contributed by atoms with E-state index in [9.17, 15) is 26.3 Å². The van der Waals surface area contributed by atoms with Gasteiger partial charge in [-0.15, -0.1) is 0 Å². The third-order valence-electron chi connectivity index (χ3n) is 6.31. The van der Waals surface area contributed by atoms with Crippen LogP contribution in [0.15, 0.2) is 115 Å². The molecule has 0 spiro atoms. The summed E-state index contributed by atoms with van der Waals surface area (Å²) in [6, 6.07) is 29.5. The molecule has 0 fully saturated rings. The number of hydrogen-bond donors (Lipinski definition) is 0. The van der Waals surface area contributed by atoms with Gasteiger partial charge in [0.2, 0.25) is 0 Å². The SMILES string of the molecule is FC(F)(F)c1cc(-c2cbc(-c3ccccc3)c(-c3ccccc3)c2-c2ccccc2)cc(C(F)(F)F)c1. The second-order valence-electron chi connectivity index (χ2n) is 8.80. The maximum atomic E-state index is 13.7. The first kappa shape index (κ1) is 25.5. The van der Waals surface area contributed by atoms with E-state index in [-0.39, 0.29) is 17.2 Å². The number of benzene rings is 4. The summed E-state index contributed by atoms with van der Waals surface area (Å²) in [7, 11) is 0. The average molecular weight is 516 g/mol. The van der Waals surface area contributed by atoms with Gasteiger partial charge in [-0.25, -0.2) is 0 Å². The van der Waals surface area contributed by atoms with Crippen LogP contribution in [0.2, 0.25) is 0 Å². The monoisotopic (exact) mass is 516 g/mol. The second-order valence-corrected chi connectivity index (χ2v) is 8.80. The molecule has 0 radical (unpaired) electrons. The minimum atomic E-state index is -4.95.